The van der Waals surface area contributed by atoms with Crippen LogP contribution in [0.15, 0.2) is 72.8 Å². The van der Waals surface area contributed by atoms with E-state index in [4.69, 9.17) is 0 Å². The molecule has 0 aliphatic heterocycles. The molecule has 0 bridgehead atoms. The van der Waals surface area contributed by atoms with Gasteiger partial charge in [0.2, 0.25) is 11.6 Å². The van der Waals surface area contributed by atoms with Gasteiger partial charge in [-0.2, -0.15) is 0 Å². The zero-order valence-corrected chi connectivity index (χ0v) is 11.7. The van der Waals surface area contributed by atoms with Crippen LogP contribution in [0.1, 0.15) is 20.7 Å². The molecule has 0 saturated heterocycles. The number of carbonyl (C=O) groups is 2. The normalized spacial score (nSPS) is 11.1. The van der Waals surface area contributed by atoms with E-state index in [9.17, 15) is 9.59 Å². The van der Waals surface area contributed by atoms with E-state index in [1.165, 1.54) is 0 Å². The molecule has 22 heavy (non-hydrogen) atoms. The van der Waals surface area contributed by atoms with E-state index in [0.717, 1.165) is 20.9 Å². The van der Waals surface area contributed by atoms with Gasteiger partial charge in [-0.15, -0.1) is 0 Å². The van der Waals surface area contributed by atoms with E-state index >= 15 is 0 Å². The van der Waals surface area contributed by atoms with Crippen molar-refractivity contribution in [3.05, 3.63) is 105 Å². The Kier molecular flexibility index (Phi) is 2.76. The van der Waals surface area contributed by atoms with Crippen LogP contribution in [0.2, 0.25) is 0 Å². The number of hydrogen-bond donors (Lipinski definition) is 0. The highest BCUT2D eigenvalue weighted by molar-refractivity contribution is 6.49. The van der Waals surface area contributed by atoms with E-state index in [1.807, 2.05) is 42.5 Å². The quantitative estimate of drug-likeness (QED) is 0.425. The van der Waals surface area contributed by atoms with Gasteiger partial charge in [0.15, 0.2) is 0 Å². The largest absolute Gasteiger partial charge is 0.285 e. The van der Waals surface area contributed by atoms with Crippen LogP contribution >= 0.6 is 0 Å². The van der Waals surface area contributed by atoms with Crippen molar-refractivity contribution in [1.29, 1.82) is 0 Å². The molecule has 1 aliphatic rings. The van der Waals surface area contributed by atoms with Crippen LogP contribution in [0.4, 0.5) is 0 Å². The van der Waals surface area contributed by atoms with Crippen molar-refractivity contribution in [1.82, 2.24) is 0 Å². The zero-order valence-electron chi connectivity index (χ0n) is 11.7. The van der Waals surface area contributed by atoms with Crippen LogP contribution in [-0.2, 0) is 0 Å². The second-order valence-electron chi connectivity index (χ2n) is 5.30. The van der Waals surface area contributed by atoms with E-state index < -0.39 is 11.6 Å². The third-order valence-corrected chi connectivity index (χ3v) is 4.04. The minimum absolute atomic E-state index is 0.428. The Balaban J connectivity index is 1.90. The Morgan fingerprint density at radius 3 is 1.95 bits per heavy atom. The molecule has 0 atom stereocenters. The molecule has 3 aromatic rings. The van der Waals surface area contributed by atoms with Crippen LogP contribution in [0.3, 0.4) is 0 Å². The molecule has 0 radical (unpaired) electrons. The zero-order chi connectivity index (χ0) is 15.1. The van der Waals surface area contributed by atoms with Crippen LogP contribution in [0, 0.1) is 20.9 Å². The van der Waals surface area contributed by atoms with Gasteiger partial charge in [-0.3, -0.25) is 9.59 Å². The van der Waals surface area contributed by atoms with Gasteiger partial charge in [-0.05, 0) is 15.7 Å². The minimum Gasteiger partial charge on any atom is -0.285 e. The highest BCUT2D eigenvalue weighted by Gasteiger charge is 2.20. The molecule has 3 aromatic carbocycles. The summed E-state index contributed by atoms with van der Waals surface area (Å²) in [5.74, 6) is -0.907. The molecule has 1 aliphatic carbocycles. The Bertz CT molecular complexity index is 1100. The molecule has 0 aromatic heterocycles. The summed E-state index contributed by atoms with van der Waals surface area (Å²) in [6.07, 6.45) is 0. The lowest BCUT2D eigenvalue weighted by atomic mass is 9.93. The maximum Gasteiger partial charge on any atom is 0.234 e. The Labute approximate surface area is 126 Å². The summed E-state index contributed by atoms with van der Waals surface area (Å²) in [4.78, 5) is 25.0. The predicted molar refractivity (Wildman–Crippen MR) is 83.3 cm³/mol. The summed E-state index contributed by atoms with van der Waals surface area (Å²) in [5.41, 5.74) is 0.919. The van der Waals surface area contributed by atoms with Crippen molar-refractivity contribution in [3.63, 3.8) is 0 Å². The summed E-state index contributed by atoms with van der Waals surface area (Å²) in [6.45, 7) is 0. The first-order valence-corrected chi connectivity index (χ1v) is 7.14. The fraction of sp³-hybridized carbons (Fsp3) is 0. The average Bonchev–Trinajstić information content (AvgIpc) is 2.58. The maximum atomic E-state index is 12.6. The third-order valence-electron chi connectivity index (χ3n) is 4.04. The van der Waals surface area contributed by atoms with Gasteiger partial charge < -0.3 is 0 Å². The topological polar surface area (TPSA) is 34.1 Å². The molecular weight excluding hydrogens is 272 g/mol. The number of fused-ring (bicyclic) bond motifs is 2. The summed E-state index contributed by atoms with van der Waals surface area (Å²) < 4.78 is 0. The van der Waals surface area contributed by atoms with Gasteiger partial charge in [0.25, 0.3) is 0 Å². The molecule has 0 saturated carbocycles. The SMILES string of the molecule is O=C(C(=O)c1cccc2c1=c1ccccc1=2)c1ccccc1. The summed E-state index contributed by atoms with van der Waals surface area (Å²) >= 11 is 0. The van der Waals surface area contributed by atoms with Crippen molar-refractivity contribution >= 4 is 11.6 Å². The van der Waals surface area contributed by atoms with Crippen LogP contribution < -0.4 is 0 Å². The fourth-order valence-electron chi connectivity index (χ4n) is 2.97. The molecule has 0 amide bonds. The second kappa shape index (κ2) is 4.78. The molecule has 4 rings (SSSR count). The minimum atomic E-state index is -0.460. The Morgan fingerprint density at radius 1 is 0.545 bits per heavy atom. The molecule has 0 unspecified atom stereocenters. The van der Waals surface area contributed by atoms with Gasteiger partial charge in [0.1, 0.15) is 0 Å². The number of hydrogen-bond acceptors (Lipinski definition) is 2. The molecular formula is C20H12O2. The van der Waals surface area contributed by atoms with Gasteiger partial charge >= 0.3 is 0 Å². The lowest BCUT2D eigenvalue weighted by molar-refractivity contribution is 0.0816. The third kappa shape index (κ3) is 1.74. The summed E-state index contributed by atoms with van der Waals surface area (Å²) in [5, 5.41) is 4.12. The predicted octanol–water partition coefficient (Wildman–Crippen LogP) is 3.64. The van der Waals surface area contributed by atoms with Crippen molar-refractivity contribution in [2.75, 3.05) is 0 Å². The van der Waals surface area contributed by atoms with E-state index in [2.05, 4.69) is 0 Å². The number of benzene rings is 3. The van der Waals surface area contributed by atoms with E-state index in [1.54, 1.807) is 30.3 Å². The number of ketones is 2. The molecule has 104 valence electrons. The Hall–Kier alpha value is -3.00. The maximum absolute atomic E-state index is 12.6. The number of carbonyl (C=O) groups excluding carboxylic acids is 2. The standard InChI is InChI=1S/C20H12O2/c21-19(13-7-2-1-3-8-13)20(22)17-12-6-11-16-14-9-4-5-10-15(14)18(16)17/h1-12H. The fourth-order valence-corrected chi connectivity index (χ4v) is 2.97. The molecule has 2 heteroatoms. The highest BCUT2D eigenvalue weighted by atomic mass is 16.2. The van der Waals surface area contributed by atoms with Gasteiger partial charge in [0.05, 0.1) is 0 Å². The van der Waals surface area contributed by atoms with Gasteiger partial charge in [0, 0.05) is 16.3 Å². The van der Waals surface area contributed by atoms with Crippen molar-refractivity contribution in [2.24, 2.45) is 0 Å². The number of rotatable bonds is 3. The first-order chi connectivity index (χ1) is 10.8. The Morgan fingerprint density at radius 2 is 1.18 bits per heavy atom. The van der Waals surface area contributed by atoms with E-state index in [-0.39, 0.29) is 0 Å². The molecule has 2 nitrogen and oxygen atoms in total. The molecule has 0 heterocycles. The highest BCUT2D eigenvalue weighted by Crippen LogP contribution is 2.18. The average molecular weight is 284 g/mol. The van der Waals surface area contributed by atoms with E-state index in [0.29, 0.717) is 11.1 Å². The van der Waals surface area contributed by atoms with Gasteiger partial charge in [-0.25, -0.2) is 0 Å². The van der Waals surface area contributed by atoms with Crippen molar-refractivity contribution in [2.45, 2.75) is 0 Å². The monoisotopic (exact) mass is 284 g/mol. The van der Waals surface area contributed by atoms with Crippen LogP contribution in [-0.4, -0.2) is 11.6 Å². The summed E-state index contributed by atoms with van der Waals surface area (Å²) in [6, 6.07) is 22.2. The lowest BCUT2D eigenvalue weighted by Crippen LogP contribution is -2.16. The smallest absolute Gasteiger partial charge is 0.234 e. The summed E-state index contributed by atoms with van der Waals surface area (Å²) in [7, 11) is 0. The molecule has 0 N–H and O–H groups in total. The van der Waals surface area contributed by atoms with Crippen molar-refractivity contribution in [3.8, 4) is 0 Å². The van der Waals surface area contributed by atoms with Crippen LogP contribution in [0.25, 0.3) is 0 Å². The molecule has 0 spiro atoms. The lowest BCUT2D eigenvalue weighted by Gasteiger charge is -2.09. The second-order valence-corrected chi connectivity index (χ2v) is 5.30. The first kappa shape index (κ1) is 12.7. The number of Topliss-reactive ketones (excluding diaryl/α,β-unsaturated/α-hetero) is 2. The first-order valence-electron chi connectivity index (χ1n) is 7.14. The van der Waals surface area contributed by atoms with Crippen molar-refractivity contribution < 1.29 is 9.59 Å². The van der Waals surface area contributed by atoms with Gasteiger partial charge in [-0.1, -0.05) is 72.8 Å². The van der Waals surface area contributed by atoms with Crippen LogP contribution in [0.5, 0.6) is 0 Å². The molecule has 0 fully saturated rings.